The molecule has 0 N–H and O–H groups in total. The Morgan fingerprint density at radius 3 is 1.52 bits per heavy atom. The number of rotatable bonds is 18. The maximum atomic E-state index is 5.70. The van der Waals surface area contributed by atoms with Crippen molar-refractivity contribution in [3.8, 4) is 0 Å². The van der Waals surface area contributed by atoms with Crippen LogP contribution in [0.25, 0.3) is 0 Å². The van der Waals surface area contributed by atoms with Gasteiger partial charge in [-0.3, -0.25) is 0 Å². The molecule has 8 heteroatoms. The van der Waals surface area contributed by atoms with Gasteiger partial charge in [-0.1, -0.05) is 20.8 Å². The topological polar surface area (TPSA) is 73.8 Å². The lowest BCUT2D eigenvalue weighted by molar-refractivity contribution is -0.401. The number of methoxy groups -OCH3 is 2. The first-order valence-corrected chi connectivity index (χ1v) is 8.63. The molecule has 0 aliphatic carbocycles. The molecule has 0 bridgehead atoms. The largest absolute Gasteiger partial charge is 0.382 e. The summed E-state index contributed by atoms with van der Waals surface area (Å²) in [6, 6.07) is 0. The molecule has 0 heterocycles. The summed E-state index contributed by atoms with van der Waals surface area (Å²) in [5.74, 6) is 0. The van der Waals surface area contributed by atoms with E-state index >= 15 is 0 Å². The van der Waals surface area contributed by atoms with Crippen LogP contribution in [0.4, 0.5) is 0 Å². The molecule has 0 rings (SSSR count). The molecule has 0 saturated carbocycles. The molecular weight excluding hydrogens is 332 g/mol. The Kier molecular flexibility index (Phi) is 16.9. The van der Waals surface area contributed by atoms with Crippen molar-refractivity contribution in [1.29, 1.82) is 0 Å². The molecule has 0 aliphatic heterocycles. The minimum Gasteiger partial charge on any atom is -0.382 e. The molecular formula is C17H36O8. The van der Waals surface area contributed by atoms with Gasteiger partial charge in [0.05, 0.1) is 59.5 Å². The second kappa shape index (κ2) is 17.1. The van der Waals surface area contributed by atoms with Crippen LogP contribution >= 0.6 is 0 Å². The van der Waals surface area contributed by atoms with Gasteiger partial charge < -0.3 is 28.4 Å². The summed E-state index contributed by atoms with van der Waals surface area (Å²) in [7, 11) is 3.27. The molecule has 0 spiro atoms. The van der Waals surface area contributed by atoms with Crippen LogP contribution in [-0.2, 0) is 38.2 Å². The lowest BCUT2D eigenvalue weighted by Crippen LogP contribution is -2.33. The van der Waals surface area contributed by atoms with Crippen molar-refractivity contribution >= 4 is 0 Å². The summed E-state index contributed by atoms with van der Waals surface area (Å²) >= 11 is 0. The minimum atomic E-state index is -0.493. The van der Waals surface area contributed by atoms with Crippen molar-refractivity contribution in [2.24, 2.45) is 5.41 Å². The van der Waals surface area contributed by atoms with Gasteiger partial charge in [0.15, 0.2) is 6.29 Å². The molecule has 1 unspecified atom stereocenters. The van der Waals surface area contributed by atoms with Gasteiger partial charge in [0.25, 0.3) is 0 Å². The fourth-order valence-corrected chi connectivity index (χ4v) is 1.55. The maximum Gasteiger partial charge on any atom is 0.196 e. The van der Waals surface area contributed by atoms with E-state index in [4.69, 9.17) is 38.2 Å². The monoisotopic (exact) mass is 368 g/mol. The molecule has 0 aromatic rings. The summed E-state index contributed by atoms with van der Waals surface area (Å²) in [5.41, 5.74) is -0.222. The zero-order valence-corrected chi connectivity index (χ0v) is 16.4. The van der Waals surface area contributed by atoms with Crippen molar-refractivity contribution in [3.63, 3.8) is 0 Å². The van der Waals surface area contributed by atoms with E-state index in [9.17, 15) is 0 Å². The summed E-state index contributed by atoms with van der Waals surface area (Å²) < 4.78 is 31.5. The Labute approximate surface area is 151 Å². The van der Waals surface area contributed by atoms with E-state index in [0.29, 0.717) is 66.1 Å². The highest BCUT2D eigenvalue weighted by Crippen LogP contribution is 2.23. The number of ether oxygens (including phenoxy) is 6. The van der Waals surface area contributed by atoms with E-state index in [1.165, 1.54) is 0 Å². The normalized spacial score (nSPS) is 13.3. The van der Waals surface area contributed by atoms with Gasteiger partial charge in [-0.15, -0.1) is 0 Å². The average Bonchev–Trinajstić information content (AvgIpc) is 2.56. The number of hydrogen-bond donors (Lipinski definition) is 0. The van der Waals surface area contributed by atoms with Crippen molar-refractivity contribution in [2.75, 3.05) is 80.3 Å². The van der Waals surface area contributed by atoms with E-state index < -0.39 is 6.29 Å². The molecule has 152 valence electrons. The molecule has 0 amide bonds. The van der Waals surface area contributed by atoms with E-state index in [1.807, 2.05) is 20.8 Å². The number of hydrogen-bond acceptors (Lipinski definition) is 8. The predicted octanol–water partition coefficient (Wildman–Crippen LogP) is 1.67. The zero-order valence-electron chi connectivity index (χ0n) is 16.4. The van der Waals surface area contributed by atoms with Gasteiger partial charge in [-0.2, -0.15) is 0 Å². The van der Waals surface area contributed by atoms with Crippen LogP contribution < -0.4 is 0 Å². The molecule has 8 nitrogen and oxygen atoms in total. The Balaban J connectivity index is 3.66. The highest BCUT2D eigenvalue weighted by molar-refractivity contribution is 4.65. The third kappa shape index (κ3) is 16.9. The summed E-state index contributed by atoms with van der Waals surface area (Å²) in [4.78, 5) is 10.5. The highest BCUT2D eigenvalue weighted by atomic mass is 17.2. The lowest BCUT2D eigenvalue weighted by atomic mass is 9.96. The summed E-state index contributed by atoms with van der Waals surface area (Å²) in [6.45, 7) is 11.0. The Morgan fingerprint density at radius 2 is 1.04 bits per heavy atom. The summed E-state index contributed by atoms with van der Waals surface area (Å²) in [5, 5.41) is 0. The van der Waals surface area contributed by atoms with Crippen molar-refractivity contribution in [1.82, 2.24) is 0 Å². The predicted molar refractivity (Wildman–Crippen MR) is 92.4 cm³/mol. The third-order valence-electron chi connectivity index (χ3n) is 2.91. The van der Waals surface area contributed by atoms with Crippen LogP contribution in [-0.4, -0.2) is 86.6 Å². The van der Waals surface area contributed by atoms with Gasteiger partial charge in [0, 0.05) is 19.6 Å². The molecule has 0 radical (unpaired) electrons. The van der Waals surface area contributed by atoms with Gasteiger partial charge >= 0.3 is 0 Å². The first-order valence-electron chi connectivity index (χ1n) is 8.63. The van der Waals surface area contributed by atoms with Crippen molar-refractivity contribution in [2.45, 2.75) is 27.1 Å². The fraction of sp³-hybridized carbons (Fsp3) is 1.00. The third-order valence-corrected chi connectivity index (χ3v) is 2.91. The second-order valence-corrected chi connectivity index (χ2v) is 6.31. The SMILES string of the molecule is COCCOCCOCCOC(OOCCOCCOC)C(C)(C)C. The van der Waals surface area contributed by atoms with Gasteiger partial charge in [0.1, 0.15) is 6.61 Å². The standard InChI is InChI=1S/C17H36O8/c1-17(2,3)16(25-24-15-13-21-9-7-19-5)23-14-12-22-11-10-20-8-6-18-4/h16H,6-15H2,1-5H3. The Bertz CT molecular complexity index is 270. The Morgan fingerprint density at radius 1 is 0.600 bits per heavy atom. The van der Waals surface area contributed by atoms with Crippen LogP contribution in [0, 0.1) is 5.41 Å². The van der Waals surface area contributed by atoms with Crippen LogP contribution in [0.3, 0.4) is 0 Å². The molecule has 0 aromatic carbocycles. The van der Waals surface area contributed by atoms with Gasteiger partial charge in [-0.25, -0.2) is 9.78 Å². The second-order valence-electron chi connectivity index (χ2n) is 6.31. The zero-order chi connectivity index (χ0) is 18.8. The maximum absolute atomic E-state index is 5.70. The lowest BCUT2D eigenvalue weighted by Gasteiger charge is -2.29. The van der Waals surface area contributed by atoms with E-state index in [-0.39, 0.29) is 5.41 Å². The molecule has 0 saturated heterocycles. The van der Waals surface area contributed by atoms with Crippen LogP contribution in [0.5, 0.6) is 0 Å². The fourth-order valence-electron chi connectivity index (χ4n) is 1.55. The summed E-state index contributed by atoms with van der Waals surface area (Å²) in [6.07, 6.45) is -0.493. The molecule has 25 heavy (non-hydrogen) atoms. The van der Waals surface area contributed by atoms with E-state index in [0.717, 1.165) is 0 Å². The first kappa shape index (κ1) is 24.7. The van der Waals surface area contributed by atoms with Crippen LogP contribution in [0.2, 0.25) is 0 Å². The van der Waals surface area contributed by atoms with Crippen molar-refractivity contribution in [3.05, 3.63) is 0 Å². The van der Waals surface area contributed by atoms with Crippen LogP contribution in [0.1, 0.15) is 20.8 Å². The smallest absolute Gasteiger partial charge is 0.196 e. The molecule has 0 aromatic heterocycles. The van der Waals surface area contributed by atoms with E-state index in [2.05, 4.69) is 0 Å². The van der Waals surface area contributed by atoms with Crippen LogP contribution in [0.15, 0.2) is 0 Å². The van der Waals surface area contributed by atoms with E-state index in [1.54, 1.807) is 14.2 Å². The molecule has 0 fully saturated rings. The highest BCUT2D eigenvalue weighted by Gasteiger charge is 2.27. The van der Waals surface area contributed by atoms with Gasteiger partial charge in [-0.05, 0) is 0 Å². The first-order chi connectivity index (χ1) is 12.0. The molecule has 0 aliphatic rings. The molecule has 1 atom stereocenters. The minimum absolute atomic E-state index is 0.222. The average molecular weight is 368 g/mol. The Hall–Kier alpha value is -0.320. The van der Waals surface area contributed by atoms with Crippen molar-refractivity contribution < 1.29 is 38.2 Å². The van der Waals surface area contributed by atoms with Gasteiger partial charge in [0.2, 0.25) is 0 Å². The quantitative estimate of drug-likeness (QED) is 0.157.